The zero-order valence-corrected chi connectivity index (χ0v) is 17.2. The van der Waals surface area contributed by atoms with Gasteiger partial charge in [0, 0.05) is 5.54 Å². The van der Waals surface area contributed by atoms with E-state index in [1.165, 1.54) is 17.5 Å². The first-order chi connectivity index (χ1) is 11.5. The van der Waals surface area contributed by atoms with Gasteiger partial charge in [-0.05, 0) is 48.7 Å². The van der Waals surface area contributed by atoms with Crippen LogP contribution in [0.5, 0.6) is 0 Å². The number of thiophene rings is 1. The number of carbonyl (C=O) groups is 1. The Hall–Kier alpha value is -1.37. The summed E-state index contributed by atoms with van der Waals surface area (Å²) in [6.07, 6.45) is 2.27. The number of carbonyl (C=O) groups excluding carboxylic acids is 1. The Kier molecular flexibility index (Phi) is 5.97. The monoisotopic (exact) mass is 400 g/mol. The van der Waals surface area contributed by atoms with Crippen LogP contribution in [0.4, 0.5) is 11.5 Å². The second-order valence-corrected chi connectivity index (χ2v) is 9.36. The fourth-order valence-corrected chi connectivity index (χ4v) is 3.89. The van der Waals surface area contributed by atoms with Crippen LogP contribution >= 0.6 is 34.5 Å². The van der Waals surface area contributed by atoms with Crippen LogP contribution in [0.25, 0.3) is 0 Å². The lowest BCUT2D eigenvalue weighted by Gasteiger charge is -2.33. The topological polar surface area (TPSA) is 66.9 Å². The number of halogens is 2. The molecule has 0 spiro atoms. The molecule has 0 saturated heterocycles. The van der Waals surface area contributed by atoms with E-state index in [4.69, 9.17) is 23.2 Å². The standard InChI is InChI=1S/C17H22Cl2N4OS/c1-16(2,3)9-17(4,5)23-14(24)12-11(6-7-25-12)21-13-10(18)8-20-15(19)22-13/h6-8H,9H2,1-5H3,(H,23,24)(H,20,21,22). The van der Waals surface area contributed by atoms with Crippen molar-refractivity contribution in [1.29, 1.82) is 0 Å². The normalized spacial score (nSPS) is 12.1. The Morgan fingerprint density at radius 1 is 1.24 bits per heavy atom. The molecule has 0 aliphatic rings. The highest BCUT2D eigenvalue weighted by Gasteiger charge is 2.28. The van der Waals surface area contributed by atoms with Crippen LogP contribution in [0.3, 0.4) is 0 Å². The molecule has 0 aromatic carbocycles. The smallest absolute Gasteiger partial charge is 0.263 e. The van der Waals surface area contributed by atoms with Crippen molar-refractivity contribution in [1.82, 2.24) is 15.3 Å². The number of nitrogens with one attached hydrogen (secondary N) is 2. The summed E-state index contributed by atoms with van der Waals surface area (Å²) in [6.45, 7) is 10.5. The SMILES string of the molecule is CC(C)(C)CC(C)(C)NC(=O)c1sccc1Nc1nc(Cl)ncc1Cl. The molecule has 136 valence electrons. The van der Waals surface area contributed by atoms with E-state index in [0.717, 1.165) is 6.42 Å². The summed E-state index contributed by atoms with van der Waals surface area (Å²) in [7, 11) is 0. The molecule has 2 aromatic heterocycles. The average molecular weight is 401 g/mol. The summed E-state index contributed by atoms with van der Waals surface area (Å²) in [5.41, 5.74) is 0.413. The summed E-state index contributed by atoms with van der Waals surface area (Å²) in [5, 5.41) is 8.42. The van der Waals surface area contributed by atoms with Gasteiger partial charge in [-0.15, -0.1) is 11.3 Å². The highest BCUT2D eigenvalue weighted by atomic mass is 35.5. The van der Waals surface area contributed by atoms with Crippen molar-refractivity contribution in [3.63, 3.8) is 0 Å². The van der Waals surface area contributed by atoms with Gasteiger partial charge in [0.05, 0.1) is 11.9 Å². The molecule has 8 heteroatoms. The molecule has 25 heavy (non-hydrogen) atoms. The molecule has 0 unspecified atom stereocenters. The van der Waals surface area contributed by atoms with Crippen molar-refractivity contribution in [3.05, 3.63) is 32.8 Å². The predicted octanol–water partition coefficient (Wildman–Crippen LogP) is 5.53. The van der Waals surface area contributed by atoms with Gasteiger partial charge < -0.3 is 10.6 Å². The fraction of sp³-hybridized carbons (Fsp3) is 0.471. The van der Waals surface area contributed by atoms with Crippen LogP contribution < -0.4 is 10.6 Å². The largest absolute Gasteiger partial charge is 0.346 e. The molecule has 0 aliphatic carbocycles. The minimum absolute atomic E-state index is 0.0828. The molecule has 0 bridgehead atoms. The lowest BCUT2D eigenvalue weighted by molar-refractivity contribution is 0.0896. The Morgan fingerprint density at radius 3 is 2.56 bits per heavy atom. The van der Waals surface area contributed by atoms with Crippen LogP contribution in [0.15, 0.2) is 17.6 Å². The van der Waals surface area contributed by atoms with Crippen molar-refractivity contribution in [2.24, 2.45) is 5.41 Å². The van der Waals surface area contributed by atoms with Crippen molar-refractivity contribution in [3.8, 4) is 0 Å². The van der Waals surface area contributed by atoms with Gasteiger partial charge in [-0.2, -0.15) is 4.98 Å². The third-order valence-electron chi connectivity index (χ3n) is 3.26. The van der Waals surface area contributed by atoms with Crippen molar-refractivity contribution >= 4 is 52.0 Å². The summed E-state index contributed by atoms with van der Waals surface area (Å²) in [5.74, 6) is 0.228. The van der Waals surface area contributed by atoms with E-state index < -0.39 is 0 Å². The minimum Gasteiger partial charge on any atom is -0.346 e. The van der Waals surface area contributed by atoms with Gasteiger partial charge >= 0.3 is 0 Å². The van der Waals surface area contributed by atoms with Gasteiger partial charge in [-0.3, -0.25) is 4.79 Å². The minimum atomic E-state index is -0.327. The summed E-state index contributed by atoms with van der Waals surface area (Å²) in [4.78, 5) is 21.2. The summed E-state index contributed by atoms with van der Waals surface area (Å²) >= 11 is 13.2. The first-order valence-corrected chi connectivity index (χ1v) is 9.45. The van der Waals surface area contributed by atoms with Crippen LogP contribution in [0.2, 0.25) is 10.3 Å². The van der Waals surface area contributed by atoms with Gasteiger partial charge in [0.25, 0.3) is 5.91 Å². The Labute approximate surface area is 162 Å². The third kappa shape index (κ3) is 5.83. The highest BCUT2D eigenvalue weighted by Crippen LogP contribution is 2.31. The molecule has 2 heterocycles. The number of hydrogen-bond donors (Lipinski definition) is 2. The van der Waals surface area contributed by atoms with E-state index in [9.17, 15) is 4.79 Å². The van der Waals surface area contributed by atoms with Crippen LogP contribution in [0, 0.1) is 5.41 Å². The number of anilines is 2. The number of amides is 1. The van der Waals surface area contributed by atoms with Gasteiger partial charge in [0.15, 0.2) is 5.82 Å². The Balaban J connectivity index is 2.18. The molecule has 0 aliphatic heterocycles. The lowest BCUT2D eigenvalue weighted by atomic mass is 9.82. The molecule has 0 saturated carbocycles. The molecule has 0 atom stereocenters. The molecular weight excluding hydrogens is 379 g/mol. The van der Waals surface area contributed by atoms with Gasteiger partial charge in [0.1, 0.15) is 9.90 Å². The summed E-state index contributed by atoms with van der Waals surface area (Å²) < 4.78 is 0. The van der Waals surface area contributed by atoms with Gasteiger partial charge in [0.2, 0.25) is 5.28 Å². The zero-order valence-electron chi connectivity index (χ0n) is 14.9. The molecule has 5 nitrogen and oxygen atoms in total. The lowest BCUT2D eigenvalue weighted by Crippen LogP contribution is -2.45. The predicted molar refractivity (Wildman–Crippen MR) is 105 cm³/mol. The van der Waals surface area contributed by atoms with E-state index >= 15 is 0 Å². The molecule has 2 aromatic rings. The molecule has 1 amide bonds. The van der Waals surface area contributed by atoms with E-state index in [1.54, 1.807) is 0 Å². The molecule has 2 N–H and O–H groups in total. The maximum atomic E-state index is 12.7. The van der Waals surface area contributed by atoms with Gasteiger partial charge in [-0.25, -0.2) is 4.98 Å². The van der Waals surface area contributed by atoms with Crippen LogP contribution in [-0.2, 0) is 0 Å². The number of rotatable bonds is 5. The van der Waals surface area contributed by atoms with Gasteiger partial charge in [-0.1, -0.05) is 32.4 Å². The number of aromatic nitrogens is 2. The maximum absolute atomic E-state index is 12.7. The third-order valence-corrected chi connectivity index (χ3v) is 4.64. The second-order valence-electron chi connectivity index (χ2n) is 7.70. The molecule has 0 radical (unpaired) electrons. The van der Waals surface area contributed by atoms with E-state index in [0.29, 0.717) is 21.4 Å². The maximum Gasteiger partial charge on any atom is 0.263 e. The first kappa shape index (κ1) is 19.9. The Morgan fingerprint density at radius 2 is 1.92 bits per heavy atom. The average Bonchev–Trinajstić information content (AvgIpc) is 2.88. The van der Waals surface area contributed by atoms with E-state index in [-0.39, 0.29) is 22.1 Å². The van der Waals surface area contributed by atoms with Crippen LogP contribution in [-0.4, -0.2) is 21.4 Å². The molecule has 0 fully saturated rings. The first-order valence-electron chi connectivity index (χ1n) is 7.82. The second kappa shape index (κ2) is 7.48. The van der Waals surface area contributed by atoms with E-state index in [2.05, 4.69) is 41.4 Å². The van der Waals surface area contributed by atoms with Crippen molar-refractivity contribution < 1.29 is 4.79 Å². The van der Waals surface area contributed by atoms with Crippen molar-refractivity contribution in [2.75, 3.05) is 5.32 Å². The number of nitrogens with zero attached hydrogens (tertiary/aromatic N) is 2. The molecular formula is C17H22Cl2N4OS. The highest BCUT2D eigenvalue weighted by molar-refractivity contribution is 7.12. The quantitative estimate of drug-likeness (QED) is 0.646. The van der Waals surface area contributed by atoms with E-state index in [1.807, 2.05) is 25.3 Å². The molecule has 2 rings (SSSR count). The number of hydrogen-bond acceptors (Lipinski definition) is 5. The zero-order chi connectivity index (χ0) is 18.8. The Bertz CT molecular complexity index is 768. The van der Waals surface area contributed by atoms with Crippen LogP contribution in [0.1, 0.15) is 50.7 Å². The van der Waals surface area contributed by atoms with Crippen molar-refractivity contribution in [2.45, 2.75) is 46.6 Å². The fourth-order valence-electron chi connectivity index (χ4n) is 2.88. The summed E-state index contributed by atoms with van der Waals surface area (Å²) in [6, 6.07) is 1.81.